The van der Waals surface area contributed by atoms with Crippen LogP contribution in [0, 0.1) is 0 Å². The van der Waals surface area contributed by atoms with Crippen LogP contribution in [0.15, 0.2) is 15.8 Å². The number of hydrogen-bond donors (Lipinski definition) is 6. The van der Waals surface area contributed by atoms with E-state index in [-0.39, 0.29) is 5.56 Å². The maximum absolute atomic E-state index is 11.6. The molecule has 0 radical (unpaired) electrons. The van der Waals surface area contributed by atoms with Gasteiger partial charge < -0.3 is 29.7 Å². The highest BCUT2D eigenvalue weighted by atomic mass is 31.2. The van der Waals surface area contributed by atoms with Crippen LogP contribution in [-0.4, -0.2) is 54.9 Å². The van der Waals surface area contributed by atoms with Crippen molar-refractivity contribution < 1.29 is 33.8 Å². The lowest BCUT2D eigenvalue weighted by molar-refractivity contribution is -0.0228. The van der Waals surface area contributed by atoms with Crippen LogP contribution in [-0.2, 0) is 13.8 Å². The van der Waals surface area contributed by atoms with Crippen LogP contribution >= 0.6 is 7.82 Å². The van der Waals surface area contributed by atoms with E-state index in [1.807, 2.05) is 4.98 Å². The Hall–Kier alpha value is -1.33. The number of aromatic amines is 2. The normalized spacial score (nSPS) is 29.7. The molecule has 0 saturated carbocycles. The fourth-order valence-electron chi connectivity index (χ4n) is 1.95. The summed E-state index contributed by atoms with van der Waals surface area (Å²) in [6.45, 7) is -0.680. The molecule has 1 aromatic heterocycles. The monoisotopic (exact) mass is 324 g/mol. The summed E-state index contributed by atoms with van der Waals surface area (Å²) in [5.41, 5.74) is -1.70. The molecule has 1 aliphatic rings. The van der Waals surface area contributed by atoms with Gasteiger partial charge in [0.15, 0.2) is 0 Å². The highest BCUT2D eigenvalue weighted by Crippen LogP contribution is 2.38. The molecular weight excluding hydrogens is 311 g/mol. The summed E-state index contributed by atoms with van der Waals surface area (Å²) in [4.78, 5) is 43.8. The van der Waals surface area contributed by atoms with Crippen LogP contribution in [0.4, 0.5) is 0 Å². The lowest BCUT2D eigenvalue weighted by Gasteiger charge is -2.14. The van der Waals surface area contributed by atoms with Gasteiger partial charge >= 0.3 is 13.5 Å². The molecule has 21 heavy (non-hydrogen) atoms. The summed E-state index contributed by atoms with van der Waals surface area (Å²) in [5, 5.41) is 19.6. The summed E-state index contributed by atoms with van der Waals surface area (Å²) in [7, 11) is -4.76. The van der Waals surface area contributed by atoms with E-state index in [1.54, 1.807) is 0 Å². The Morgan fingerprint density at radius 3 is 2.52 bits per heavy atom. The van der Waals surface area contributed by atoms with Crippen molar-refractivity contribution in [1.29, 1.82) is 0 Å². The number of hydrogen-bond acceptors (Lipinski definition) is 7. The Morgan fingerprint density at radius 2 is 1.95 bits per heavy atom. The predicted octanol–water partition coefficient (Wildman–Crippen LogP) is -2.67. The molecule has 12 heteroatoms. The minimum atomic E-state index is -4.76. The number of nitrogens with one attached hydrogen (secondary N) is 2. The van der Waals surface area contributed by atoms with Crippen molar-refractivity contribution in [2.75, 3.05) is 6.61 Å². The fraction of sp³-hybridized carbons (Fsp3) is 0.556. The van der Waals surface area contributed by atoms with Gasteiger partial charge in [-0.1, -0.05) is 0 Å². The summed E-state index contributed by atoms with van der Waals surface area (Å²) >= 11 is 0. The Balaban J connectivity index is 2.18. The van der Waals surface area contributed by atoms with E-state index in [2.05, 4.69) is 9.51 Å². The Morgan fingerprint density at radius 1 is 1.29 bits per heavy atom. The van der Waals surface area contributed by atoms with Gasteiger partial charge in [-0.15, -0.1) is 0 Å². The van der Waals surface area contributed by atoms with E-state index >= 15 is 0 Å². The van der Waals surface area contributed by atoms with Crippen LogP contribution in [0.3, 0.4) is 0 Å². The van der Waals surface area contributed by atoms with Gasteiger partial charge in [-0.05, 0) is 0 Å². The molecule has 2 unspecified atom stereocenters. The van der Waals surface area contributed by atoms with Gasteiger partial charge in [0.2, 0.25) is 0 Å². The van der Waals surface area contributed by atoms with E-state index in [1.165, 1.54) is 0 Å². The Labute approximate surface area is 116 Å². The number of aromatic nitrogens is 2. The molecule has 2 heterocycles. The molecule has 11 nitrogen and oxygen atoms in total. The fourth-order valence-corrected chi connectivity index (χ4v) is 2.29. The van der Waals surface area contributed by atoms with E-state index in [9.17, 15) is 24.4 Å². The second-order valence-electron chi connectivity index (χ2n) is 4.39. The lowest BCUT2D eigenvalue weighted by atomic mass is 10.0. The number of rotatable bonds is 4. The standard InChI is InChI=1S/C9H13N2O9P/c12-5-4(2-19-21(16,17)18)20-7(6(5)13)3-1-10-9(15)11-8(3)14/h1,4-7,12-13H,2H2,(H2,16,17,18)(H2,10,11,14,15)/t4?,5?,6-,7+/m1/s1. The third-order valence-corrected chi connectivity index (χ3v) is 3.41. The average molecular weight is 324 g/mol. The third kappa shape index (κ3) is 3.66. The molecule has 0 amide bonds. The number of aliphatic hydroxyl groups is 2. The molecule has 1 fully saturated rings. The second-order valence-corrected chi connectivity index (χ2v) is 5.63. The number of ether oxygens (including phenoxy) is 1. The molecular formula is C9H13N2O9P. The first-order valence-electron chi connectivity index (χ1n) is 5.72. The van der Waals surface area contributed by atoms with E-state index in [0.29, 0.717) is 0 Å². The molecule has 1 aliphatic heterocycles. The smallest absolute Gasteiger partial charge is 0.387 e. The zero-order valence-corrected chi connectivity index (χ0v) is 11.3. The van der Waals surface area contributed by atoms with Crippen molar-refractivity contribution in [1.82, 2.24) is 9.97 Å². The predicted molar refractivity (Wildman–Crippen MR) is 65.3 cm³/mol. The zero-order chi connectivity index (χ0) is 15.8. The third-order valence-electron chi connectivity index (χ3n) is 2.92. The Bertz CT molecular complexity index is 664. The molecule has 118 valence electrons. The lowest BCUT2D eigenvalue weighted by Crippen LogP contribution is -2.34. The minimum absolute atomic E-state index is 0.139. The first kappa shape index (κ1) is 16.0. The van der Waals surface area contributed by atoms with E-state index in [0.717, 1.165) is 6.20 Å². The molecule has 6 N–H and O–H groups in total. The highest BCUT2D eigenvalue weighted by Gasteiger charge is 2.45. The van der Waals surface area contributed by atoms with E-state index in [4.69, 9.17) is 14.5 Å². The maximum Gasteiger partial charge on any atom is 0.469 e. The molecule has 1 saturated heterocycles. The van der Waals surface area contributed by atoms with Crippen LogP contribution < -0.4 is 11.2 Å². The van der Waals surface area contributed by atoms with Crippen molar-refractivity contribution in [3.63, 3.8) is 0 Å². The summed E-state index contributed by atoms with van der Waals surface area (Å²) in [6, 6.07) is 0. The van der Waals surface area contributed by atoms with Crippen molar-refractivity contribution in [3.05, 3.63) is 32.6 Å². The van der Waals surface area contributed by atoms with Crippen LogP contribution in [0.5, 0.6) is 0 Å². The summed E-state index contributed by atoms with van der Waals surface area (Å²) < 4.78 is 20.0. The molecule has 0 aromatic carbocycles. The number of aliphatic hydroxyl groups excluding tert-OH is 2. The van der Waals surface area contributed by atoms with Gasteiger partial charge in [-0.2, -0.15) is 0 Å². The number of H-pyrrole nitrogens is 2. The maximum atomic E-state index is 11.6. The topological polar surface area (TPSA) is 182 Å². The highest BCUT2D eigenvalue weighted by molar-refractivity contribution is 7.46. The average Bonchev–Trinajstić information content (AvgIpc) is 2.64. The van der Waals surface area contributed by atoms with Gasteiger partial charge in [0.1, 0.15) is 24.4 Å². The number of phosphoric acid groups is 1. The van der Waals surface area contributed by atoms with Gasteiger partial charge in [0.05, 0.1) is 12.2 Å². The van der Waals surface area contributed by atoms with Crippen molar-refractivity contribution >= 4 is 7.82 Å². The quantitative estimate of drug-likeness (QED) is 0.322. The van der Waals surface area contributed by atoms with Crippen molar-refractivity contribution in [2.24, 2.45) is 0 Å². The van der Waals surface area contributed by atoms with Gasteiger partial charge in [0.25, 0.3) is 5.56 Å². The molecule has 4 atom stereocenters. The van der Waals surface area contributed by atoms with Crippen molar-refractivity contribution in [3.8, 4) is 0 Å². The van der Waals surface area contributed by atoms with Crippen LogP contribution in [0.1, 0.15) is 11.7 Å². The first-order chi connectivity index (χ1) is 9.69. The second kappa shape index (κ2) is 5.81. The van der Waals surface area contributed by atoms with E-state index < -0.39 is 50.1 Å². The first-order valence-corrected chi connectivity index (χ1v) is 7.25. The van der Waals surface area contributed by atoms with Crippen molar-refractivity contribution in [2.45, 2.75) is 24.4 Å². The molecule has 0 aliphatic carbocycles. The zero-order valence-electron chi connectivity index (χ0n) is 10.4. The van der Waals surface area contributed by atoms with Gasteiger partial charge in [-0.3, -0.25) is 14.3 Å². The molecule has 1 aromatic rings. The SMILES string of the molecule is O=c1[nH]cc([C@@H]2OC(COP(=O)(O)O)C(O)[C@H]2O)c(=O)[nH]1. The molecule has 0 bridgehead atoms. The van der Waals surface area contributed by atoms with Crippen LogP contribution in [0.25, 0.3) is 0 Å². The summed E-state index contributed by atoms with van der Waals surface area (Å²) in [6.07, 6.45) is -4.54. The van der Waals surface area contributed by atoms with Gasteiger partial charge in [0, 0.05) is 6.20 Å². The molecule has 2 rings (SSSR count). The van der Waals surface area contributed by atoms with Gasteiger partial charge in [-0.25, -0.2) is 9.36 Å². The summed E-state index contributed by atoms with van der Waals surface area (Å²) in [5.74, 6) is 0. The minimum Gasteiger partial charge on any atom is -0.387 e. The Kier molecular flexibility index (Phi) is 4.44. The number of phosphoric ester groups is 1. The largest absolute Gasteiger partial charge is 0.469 e. The van der Waals surface area contributed by atoms with Crippen LogP contribution in [0.2, 0.25) is 0 Å². The molecule has 0 spiro atoms.